The first-order chi connectivity index (χ1) is 8.56. The number of anilines is 1. The van der Waals surface area contributed by atoms with Crippen LogP contribution in [-0.4, -0.2) is 21.0 Å². The van der Waals surface area contributed by atoms with Gasteiger partial charge in [-0.25, -0.2) is 0 Å². The predicted octanol–water partition coefficient (Wildman–Crippen LogP) is 3.67. The molecule has 0 atom stereocenters. The lowest BCUT2D eigenvalue weighted by atomic mass is 10.2. The maximum Gasteiger partial charge on any atom is 0.227 e. The van der Waals surface area contributed by atoms with Crippen LogP contribution in [0.2, 0.25) is 10.3 Å². The van der Waals surface area contributed by atoms with Gasteiger partial charge in [-0.15, -0.1) is 0 Å². The van der Waals surface area contributed by atoms with E-state index in [-0.39, 0.29) is 11.3 Å². The van der Waals surface area contributed by atoms with Crippen molar-refractivity contribution in [2.45, 2.75) is 19.9 Å². The zero-order chi connectivity index (χ0) is 13.1. The Hall–Kier alpha value is -1.39. The van der Waals surface area contributed by atoms with Crippen LogP contribution in [0.15, 0.2) is 24.3 Å². The fraction of sp³-hybridized carbons (Fsp3) is 0.250. The summed E-state index contributed by atoms with van der Waals surface area (Å²) in [5.74, 6) is 0.906. The van der Waals surface area contributed by atoms with Crippen molar-refractivity contribution in [3.8, 4) is 11.4 Å². The normalized spacial score (nSPS) is 10.7. The van der Waals surface area contributed by atoms with Gasteiger partial charge in [-0.05, 0) is 37.6 Å². The van der Waals surface area contributed by atoms with Gasteiger partial charge in [-0.2, -0.15) is 15.0 Å². The molecule has 0 saturated heterocycles. The van der Waals surface area contributed by atoms with Crippen LogP contribution in [-0.2, 0) is 0 Å². The smallest absolute Gasteiger partial charge is 0.227 e. The average molecular weight is 283 g/mol. The first-order valence-electron chi connectivity index (χ1n) is 5.49. The molecular weight excluding hydrogens is 271 g/mol. The van der Waals surface area contributed by atoms with Crippen molar-refractivity contribution < 1.29 is 0 Å². The molecule has 4 nitrogen and oxygen atoms in total. The Morgan fingerprint density at radius 1 is 1.06 bits per heavy atom. The molecule has 0 bridgehead atoms. The molecule has 0 unspecified atom stereocenters. The Labute approximate surface area is 115 Å². The lowest BCUT2D eigenvalue weighted by Crippen LogP contribution is -2.13. The number of hydrogen-bond donors (Lipinski definition) is 1. The summed E-state index contributed by atoms with van der Waals surface area (Å²) in [6.45, 7) is 3.99. The van der Waals surface area contributed by atoms with Crippen LogP contribution >= 0.6 is 23.2 Å². The Kier molecular flexibility index (Phi) is 3.99. The van der Waals surface area contributed by atoms with Crippen molar-refractivity contribution in [1.29, 1.82) is 0 Å². The van der Waals surface area contributed by atoms with Crippen molar-refractivity contribution in [3.63, 3.8) is 0 Å². The van der Waals surface area contributed by atoms with Crippen LogP contribution in [0.5, 0.6) is 0 Å². The molecule has 1 aromatic carbocycles. The molecular formula is C12H12Cl2N4. The summed E-state index contributed by atoms with van der Waals surface area (Å²) in [6.07, 6.45) is 0. The lowest BCUT2D eigenvalue weighted by Gasteiger charge is -2.09. The van der Waals surface area contributed by atoms with Gasteiger partial charge in [0.2, 0.25) is 11.2 Å². The maximum absolute atomic E-state index is 6.11. The van der Waals surface area contributed by atoms with E-state index >= 15 is 0 Å². The van der Waals surface area contributed by atoms with Crippen LogP contribution in [0.25, 0.3) is 11.4 Å². The third-order valence-corrected chi connectivity index (χ3v) is 2.64. The van der Waals surface area contributed by atoms with E-state index in [4.69, 9.17) is 23.2 Å². The van der Waals surface area contributed by atoms with E-state index in [1.165, 1.54) is 0 Å². The molecule has 0 amide bonds. The van der Waals surface area contributed by atoms with E-state index < -0.39 is 0 Å². The Balaban J connectivity index is 2.45. The third-order valence-electron chi connectivity index (χ3n) is 2.14. The van der Waals surface area contributed by atoms with Gasteiger partial charge in [0.05, 0.1) is 5.02 Å². The molecule has 94 valence electrons. The minimum Gasteiger partial charge on any atom is -0.352 e. The second-order valence-corrected chi connectivity index (χ2v) is 4.78. The van der Waals surface area contributed by atoms with Crippen LogP contribution in [0, 0.1) is 0 Å². The molecule has 1 aromatic heterocycles. The summed E-state index contributed by atoms with van der Waals surface area (Å²) in [4.78, 5) is 12.4. The minimum absolute atomic E-state index is 0.142. The van der Waals surface area contributed by atoms with Gasteiger partial charge >= 0.3 is 0 Å². The minimum atomic E-state index is 0.142. The predicted molar refractivity (Wildman–Crippen MR) is 74.0 cm³/mol. The van der Waals surface area contributed by atoms with Crippen molar-refractivity contribution >= 4 is 29.2 Å². The molecule has 1 heterocycles. The topological polar surface area (TPSA) is 50.7 Å². The molecule has 18 heavy (non-hydrogen) atoms. The van der Waals surface area contributed by atoms with Crippen LogP contribution < -0.4 is 5.32 Å². The van der Waals surface area contributed by atoms with Crippen molar-refractivity contribution in [1.82, 2.24) is 15.0 Å². The first kappa shape index (κ1) is 13.1. The highest BCUT2D eigenvalue weighted by Gasteiger charge is 2.10. The van der Waals surface area contributed by atoms with E-state index in [2.05, 4.69) is 20.3 Å². The molecule has 0 fully saturated rings. The number of nitrogens with zero attached hydrogens (tertiary/aromatic N) is 3. The number of hydrogen-bond acceptors (Lipinski definition) is 4. The quantitative estimate of drug-likeness (QED) is 0.933. The molecule has 0 spiro atoms. The monoisotopic (exact) mass is 282 g/mol. The fourth-order valence-electron chi connectivity index (χ4n) is 1.44. The number of aromatic nitrogens is 3. The molecule has 1 N–H and O–H groups in total. The first-order valence-corrected chi connectivity index (χ1v) is 6.25. The zero-order valence-corrected chi connectivity index (χ0v) is 11.5. The molecule has 0 aliphatic heterocycles. The SMILES string of the molecule is CC(C)Nc1nc(Cl)nc(-c2ccccc2Cl)n1. The number of halogens is 2. The Bertz CT molecular complexity index is 558. The Morgan fingerprint density at radius 2 is 1.78 bits per heavy atom. The average Bonchev–Trinajstić information content (AvgIpc) is 2.27. The number of benzene rings is 1. The van der Waals surface area contributed by atoms with Gasteiger partial charge < -0.3 is 5.32 Å². The van der Waals surface area contributed by atoms with E-state index in [9.17, 15) is 0 Å². The number of rotatable bonds is 3. The summed E-state index contributed by atoms with van der Waals surface area (Å²) in [7, 11) is 0. The van der Waals surface area contributed by atoms with Crippen LogP contribution in [0.3, 0.4) is 0 Å². The van der Waals surface area contributed by atoms with Gasteiger partial charge in [-0.1, -0.05) is 23.7 Å². The van der Waals surface area contributed by atoms with Crippen molar-refractivity contribution in [2.24, 2.45) is 0 Å². The highest BCUT2D eigenvalue weighted by Crippen LogP contribution is 2.25. The van der Waals surface area contributed by atoms with Gasteiger partial charge in [-0.3, -0.25) is 0 Å². The highest BCUT2D eigenvalue weighted by atomic mass is 35.5. The maximum atomic E-state index is 6.11. The van der Waals surface area contributed by atoms with E-state index in [1.807, 2.05) is 32.0 Å². The molecule has 0 saturated carbocycles. The largest absolute Gasteiger partial charge is 0.352 e. The second kappa shape index (κ2) is 5.50. The number of nitrogens with one attached hydrogen (secondary N) is 1. The van der Waals surface area contributed by atoms with Gasteiger partial charge in [0.25, 0.3) is 0 Å². The summed E-state index contributed by atoms with van der Waals surface area (Å²) in [6, 6.07) is 7.55. The molecule has 6 heteroatoms. The molecule has 0 aliphatic rings. The van der Waals surface area contributed by atoms with Crippen molar-refractivity contribution in [3.05, 3.63) is 34.6 Å². The molecule has 2 rings (SSSR count). The molecule has 2 aromatic rings. The van der Waals surface area contributed by atoms with E-state index in [0.717, 1.165) is 5.56 Å². The second-order valence-electron chi connectivity index (χ2n) is 4.03. The van der Waals surface area contributed by atoms with Gasteiger partial charge in [0.15, 0.2) is 5.82 Å². The summed E-state index contributed by atoms with van der Waals surface area (Å²) >= 11 is 12.0. The fourth-order valence-corrected chi connectivity index (χ4v) is 1.82. The molecule has 0 aliphatic carbocycles. The zero-order valence-electron chi connectivity index (χ0n) is 9.98. The van der Waals surface area contributed by atoms with E-state index in [0.29, 0.717) is 16.8 Å². The van der Waals surface area contributed by atoms with Crippen LogP contribution in [0.4, 0.5) is 5.95 Å². The Morgan fingerprint density at radius 3 is 2.44 bits per heavy atom. The lowest BCUT2D eigenvalue weighted by molar-refractivity contribution is 0.868. The summed E-state index contributed by atoms with van der Waals surface area (Å²) in [5.41, 5.74) is 0.732. The van der Waals surface area contributed by atoms with Crippen LogP contribution in [0.1, 0.15) is 13.8 Å². The summed E-state index contributed by atoms with van der Waals surface area (Å²) in [5, 5.41) is 3.81. The van der Waals surface area contributed by atoms with Crippen molar-refractivity contribution in [2.75, 3.05) is 5.32 Å². The highest BCUT2D eigenvalue weighted by molar-refractivity contribution is 6.33. The van der Waals surface area contributed by atoms with Gasteiger partial charge in [0, 0.05) is 11.6 Å². The summed E-state index contributed by atoms with van der Waals surface area (Å²) < 4.78 is 0. The molecule has 0 radical (unpaired) electrons. The third kappa shape index (κ3) is 3.09. The van der Waals surface area contributed by atoms with Gasteiger partial charge in [0.1, 0.15) is 0 Å². The van der Waals surface area contributed by atoms with E-state index in [1.54, 1.807) is 6.07 Å². The standard InChI is InChI=1S/C12H12Cl2N4/c1-7(2)15-12-17-10(16-11(14)18-12)8-5-3-4-6-9(8)13/h3-7H,1-2H3,(H,15,16,17,18).